The standard InChI is InChI=1S/C15H15NO2/c1-17-13-8-10-16-9-7-11-5-3-4-6-12(11)14(16)15(13)18-2/h3-8,10H,9H2,1-2H3. The molecule has 0 bridgehead atoms. The molecule has 0 aromatic heterocycles. The quantitative estimate of drug-likeness (QED) is 0.768. The smallest absolute Gasteiger partial charge is 0.185 e. The summed E-state index contributed by atoms with van der Waals surface area (Å²) in [6, 6.07) is 8.33. The Morgan fingerprint density at radius 1 is 1.11 bits per heavy atom. The SMILES string of the molecule is COC1=C(OC)C2=c3ccccc3=CCN2C=C1. The van der Waals surface area contributed by atoms with Crippen molar-refractivity contribution in [3.8, 4) is 0 Å². The first kappa shape index (κ1) is 11.0. The lowest BCUT2D eigenvalue weighted by atomic mass is 10.1. The molecule has 92 valence electrons. The molecule has 0 radical (unpaired) electrons. The fraction of sp³-hybridized carbons (Fsp3) is 0.200. The van der Waals surface area contributed by atoms with Crippen LogP contribution < -0.4 is 10.4 Å². The molecule has 0 saturated heterocycles. The zero-order valence-corrected chi connectivity index (χ0v) is 10.5. The fourth-order valence-corrected chi connectivity index (χ4v) is 2.43. The number of fused-ring (bicyclic) bond motifs is 2. The number of ether oxygens (including phenoxy) is 2. The van der Waals surface area contributed by atoms with Crippen molar-refractivity contribution in [2.45, 2.75) is 0 Å². The van der Waals surface area contributed by atoms with E-state index < -0.39 is 0 Å². The minimum absolute atomic E-state index is 0.764. The largest absolute Gasteiger partial charge is 0.493 e. The lowest BCUT2D eigenvalue weighted by molar-refractivity contribution is 0.233. The normalized spacial score (nSPS) is 17.0. The van der Waals surface area contributed by atoms with Gasteiger partial charge in [-0.15, -0.1) is 0 Å². The summed E-state index contributed by atoms with van der Waals surface area (Å²) in [6.07, 6.45) is 6.18. The minimum atomic E-state index is 0.764. The van der Waals surface area contributed by atoms with Crippen molar-refractivity contribution in [3.63, 3.8) is 0 Å². The van der Waals surface area contributed by atoms with Gasteiger partial charge in [0, 0.05) is 24.0 Å². The summed E-state index contributed by atoms with van der Waals surface area (Å²) in [5, 5.41) is 2.42. The second kappa shape index (κ2) is 4.26. The minimum Gasteiger partial charge on any atom is -0.493 e. The summed E-state index contributed by atoms with van der Waals surface area (Å²) in [5.74, 6) is 1.56. The van der Waals surface area contributed by atoms with E-state index in [9.17, 15) is 0 Å². The molecule has 0 aliphatic carbocycles. The Balaban J connectivity index is 2.36. The van der Waals surface area contributed by atoms with Crippen LogP contribution in [-0.2, 0) is 9.47 Å². The topological polar surface area (TPSA) is 21.7 Å². The third-order valence-corrected chi connectivity index (χ3v) is 3.28. The lowest BCUT2D eigenvalue weighted by Gasteiger charge is -2.30. The van der Waals surface area contributed by atoms with E-state index in [2.05, 4.69) is 29.2 Å². The van der Waals surface area contributed by atoms with Gasteiger partial charge in [0.25, 0.3) is 0 Å². The highest BCUT2D eigenvalue weighted by molar-refractivity contribution is 5.67. The molecule has 2 aliphatic rings. The van der Waals surface area contributed by atoms with Crippen LogP contribution in [0.25, 0.3) is 11.8 Å². The van der Waals surface area contributed by atoms with Crippen molar-refractivity contribution in [1.29, 1.82) is 0 Å². The molecule has 3 rings (SSSR count). The van der Waals surface area contributed by atoms with Crippen molar-refractivity contribution < 1.29 is 9.47 Å². The third-order valence-electron chi connectivity index (χ3n) is 3.28. The van der Waals surface area contributed by atoms with Crippen LogP contribution in [0.3, 0.4) is 0 Å². The van der Waals surface area contributed by atoms with Crippen LogP contribution in [0.1, 0.15) is 0 Å². The first-order valence-corrected chi connectivity index (χ1v) is 5.92. The highest BCUT2D eigenvalue weighted by Gasteiger charge is 2.23. The van der Waals surface area contributed by atoms with Gasteiger partial charge in [-0.1, -0.05) is 30.3 Å². The van der Waals surface area contributed by atoms with Crippen LogP contribution in [0.15, 0.2) is 48.1 Å². The van der Waals surface area contributed by atoms with Crippen LogP contribution in [0, 0.1) is 0 Å². The van der Waals surface area contributed by atoms with Crippen molar-refractivity contribution in [2.75, 3.05) is 20.8 Å². The van der Waals surface area contributed by atoms with Gasteiger partial charge in [-0.25, -0.2) is 0 Å². The van der Waals surface area contributed by atoms with E-state index in [4.69, 9.17) is 9.47 Å². The first-order valence-electron chi connectivity index (χ1n) is 5.92. The van der Waals surface area contributed by atoms with Gasteiger partial charge in [-0.05, 0) is 5.22 Å². The monoisotopic (exact) mass is 241 g/mol. The number of methoxy groups -OCH3 is 2. The summed E-state index contributed by atoms with van der Waals surface area (Å²) < 4.78 is 10.9. The maximum absolute atomic E-state index is 5.53. The van der Waals surface area contributed by atoms with Gasteiger partial charge in [-0.3, -0.25) is 0 Å². The molecule has 1 aromatic rings. The first-order chi connectivity index (χ1) is 8.85. The van der Waals surface area contributed by atoms with E-state index in [0.717, 1.165) is 23.8 Å². The van der Waals surface area contributed by atoms with Gasteiger partial charge >= 0.3 is 0 Å². The molecule has 3 nitrogen and oxygen atoms in total. The Kier molecular flexibility index (Phi) is 2.59. The summed E-state index contributed by atoms with van der Waals surface area (Å²) >= 11 is 0. The highest BCUT2D eigenvalue weighted by Crippen LogP contribution is 2.26. The van der Waals surface area contributed by atoms with Crippen LogP contribution in [0.5, 0.6) is 0 Å². The zero-order chi connectivity index (χ0) is 12.5. The molecular formula is C15H15NO2. The Morgan fingerprint density at radius 3 is 2.72 bits per heavy atom. The van der Waals surface area contributed by atoms with Gasteiger partial charge in [0.2, 0.25) is 0 Å². The molecule has 0 amide bonds. The maximum Gasteiger partial charge on any atom is 0.185 e. The van der Waals surface area contributed by atoms with Gasteiger partial charge < -0.3 is 14.4 Å². The van der Waals surface area contributed by atoms with Crippen LogP contribution in [0.2, 0.25) is 0 Å². The number of benzene rings is 1. The summed E-state index contributed by atoms with van der Waals surface area (Å²) in [5.41, 5.74) is 1.08. The van der Waals surface area contributed by atoms with E-state index in [-0.39, 0.29) is 0 Å². The molecule has 0 saturated carbocycles. The van der Waals surface area contributed by atoms with E-state index in [1.807, 2.05) is 18.3 Å². The van der Waals surface area contributed by atoms with Gasteiger partial charge in [0.1, 0.15) is 0 Å². The molecule has 0 spiro atoms. The summed E-state index contributed by atoms with van der Waals surface area (Å²) in [7, 11) is 3.34. The average molecular weight is 241 g/mol. The number of nitrogens with zero attached hydrogens (tertiary/aromatic N) is 1. The number of rotatable bonds is 2. The zero-order valence-electron chi connectivity index (χ0n) is 10.5. The summed E-state index contributed by atoms with van der Waals surface area (Å²) in [4.78, 5) is 2.17. The van der Waals surface area contributed by atoms with Gasteiger partial charge in [0.05, 0.1) is 19.9 Å². The molecule has 3 heteroatoms. The van der Waals surface area contributed by atoms with Gasteiger partial charge in [0.15, 0.2) is 11.5 Å². The van der Waals surface area contributed by atoms with Crippen LogP contribution in [-0.4, -0.2) is 25.7 Å². The molecule has 0 unspecified atom stereocenters. The molecule has 0 atom stereocenters. The molecule has 0 fully saturated rings. The van der Waals surface area contributed by atoms with Crippen molar-refractivity contribution in [2.24, 2.45) is 0 Å². The molecule has 2 heterocycles. The van der Waals surface area contributed by atoms with Crippen molar-refractivity contribution >= 4 is 11.8 Å². The third kappa shape index (κ3) is 1.51. The Labute approximate surface area is 106 Å². The van der Waals surface area contributed by atoms with Crippen LogP contribution in [0.4, 0.5) is 0 Å². The molecule has 18 heavy (non-hydrogen) atoms. The maximum atomic E-state index is 5.53. The molecular weight excluding hydrogens is 226 g/mol. The highest BCUT2D eigenvalue weighted by atomic mass is 16.5. The van der Waals surface area contributed by atoms with Crippen molar-refractivity contribution in [3.05, 3.63) is 58.5 Å². The Hall–Kier alpha value is -2.16. The van der Waals surface area contributed by atoms with E-state index in [0.29, 0.717) is 0 Å². The predicted molar refractivity (Wildman–Crippen MR) is 70.5 cm³/mol. The van der Waals surface area contributed by atoms with E-state index in [1.165, 1.54) is 10.4 Å². The fourth-order valence-electron chi connectivity index (χ4n) is 2.43. The Bertz CT molecular complexity index is 655. The molecule has 1 aromatic carbocycles. The average Bonchev–Trinajstić information content (AvgIpc) is 2.45. The predicted octanol–water partition coefficient (Wildman–Crippen LogP) is 0.923. The Morgan fingerprint density at radius 2 is 1.94 bits per heavy atom. The second-order valence-corrected chi connectivity index (χ2v) is 4.21. The van der Waals surface area contributed by atoms with Crippen LogP contribution >= 0.6 is 0 Å². The number of hydrogen-bond acceptors (Lipinski definition) is 3. The molecule has 0 N–H and O–H groups in total. The van der Waals surface area contributed by atoms with Gasteiger partial charge in [-0.2, -0.15) is 0 Å². The lowest BCUT2D eigenvalue weighted by Crippen LogP contribution is -2.39. The number of hydrogen-bond donors (Lipinski definition) is 0. The number of allylic oxidation sites excluding steroid dienone is 1. The van der Waals surface area contributed by atoms with E-state index in [1.54, 1.807) is 14.2 Å². The summed E-state index contributed by atoms with van der Waals surface area (Å²) in [6.45, 7) is 0.854. The molecule has 2 aliphatic heterocycles. The second-order valence-electron chi connectivity index (χ2n) is 4.21. The van der Waals surface area contributed by atoms with Crippen molar-refractivity contribution in [1.82, 2.24) is 4.90 Å². The van der Waals surface area contributed by atoms with E-state index >= 15 is 0 Å².